The highest BCUT2D eigenvalue weighted by Crippen LogP contribution is 2.41. The van der Waals surface area contributed by atoms with Gasteiger partial charge in [-0.05, 0) is 78.5 Å². The minimum atomic E-state index is -4.36. The van der Waals surface area contributed by atoms with Gasteiger partial charge in [0.2, 0.25) is 0 Å². The lowest BCUT2D eigenvalue weighted by Crippen LogP contribution is -2.15. The highest BCUT2D eigenvalue weighted by atomic mass is 19.4. The molecule has 31 heavy (non-hydrogen) atoms. The van der Waals surface area contributed by atoms with Crippen molar-refractivity contribution in [2.24, 2.45) is 5.16 Å². The predicted octanol–water partition coefficient (Wildman–Crippen LogP) is 7.82. The Labute approximate surface area is 183 Å². The van der Waals surface area contributed by atoms with Gasteiger partial charge in [-0.25, -0.2) is 0 Å². The van der Waals surface area contributed by atoms with Crippen LogP contribution >= 0.6 is 0 Å². The summed E-state index contributed by atoms with van der Waals surface area (Å²) in [5.74, 6) is -0.000498. The molecule has 0 saturated heterocycles. The van der Waals surface area contributed by atoms with Gasteiger partial charge < -0.3 is 4.84 Å². The summed E-state index contributed by atoms with van der Waals surface area (Å²) < 4.78 is 41.2. The van der Waals surface area contributed by atoms with Crippen LogP contribution in [0, 0.1) is 0 Å². The summed E-state index contributed by atoms with van der Waals surface area (Å²) in [5.41, 5.74) is 4.67. The van der Waals surface area contributed by atoms with E-state index in [1.807, 2.05) is 13.0 Å². The molecule has 0 spiro atoms. The lowest BCUT2D eigenvalue weighted by Gasteiger charge is -2.25. The van der Waals surface area contributed by atoms with Crippen LogP contribution in [0.25, 0.3) is 0 Å². The largest absolute Gasteiger partial charge is 0.416 e. The first kappa shape index (κ1) is 23.4. The zero-order valence-corrected chi connectivity index (χ0v) is 18.7. The maximum Gasteiger partial charge on any atom is 0.416 e. The molecule has 1 aliphatic rings. The number of halogens is 3. The average molecular weight is 432 g/mol. The van der Waals surface area contributed by atoms with Crippen molar-refractivity contribution >= 4 is 5.71 Å². The van der Waals surface area contributed by atoms with Crippen molar-refractivity contribution in [2.45, 2.75) is 84.4 Å². The van der Waals surface area contributed by atoms with E-state index in [1.54, 1.807) is 12.1 Å². The third kappa shape index (κ3) is 5.90. The monoisotopic (exact) mass is 431 g/mol. The van der Waals surface area contributed by atoms with Crippen molar-refractivity contribution in [3.8, 4) is 0 Å². The SMILES string of the molecule is CCc1ccc(/C(C)=N/OCc2ccc(C3CCCCC3)c(C(F)(F)F)c2)cc1CC. The Balaban J connectivity index is 1.74. The second kappa shape index (κ2) is 10.3. The molecule has 0 unspecified atom stereocenters. The minimum Gasteiger partial charge on any atom is -0.391 e. The minimum absolute atomic E-state index is 0.000498. The number of benzene rings is 2. The molecule has 0 bridgehead atoms. The second-order valence-corrected chi connectivity index (χ2v) is 8.40. The van der Waals surface area contributed by atoms with Gasteiger partial charge in [0.25, 0.3) is 0 Å². The highest BCUT2D eigenvalue weighted by Gasteiger charge is 2.35. The number of nitrogens with zero attached hydrogens (tertiary/aromatic N) is 1. The maximum atomic E-state index is 13.7. The Kier molecular flexibility index (Phi) is 7.79. The molecule has 3 rings (SSSR count). The second-order valence-electron chi connectivity index (χ2n) is 8.40. The van der Waals surface area contributed by atoms with Crippen molar-refractivity contribution in [1.29, 1.82) is 0 Å². The van der Waals surface area contributed by atoms with Gasteiger partial charge in [0.1, 0.15) is 6.61 Å². The predicted molar refractivity (Wildman–Crippen MR) is 119 cm³/mol. The van der Waals surface area contributed by atoms with E-state index in [0.717, 1.165) is 50.5 Å². The summed E-state index contributed by atoms with van der Waals surface area (Å²) >= 11 is 0. The normalized spacial score (nSPS) is 15.9. The van der Waals surface area contributed by atoms with E-state index in [1.165, 1.54) is 17.2 Å². The molecule has 0 amide bonds. The van der Waals surface area contributed by atoms with Gasteiger partial charge >= 0.3 is 6.18 Å². The Morgan fingerprint density at radius 1 is 0.968 bits per heavy atom. The van der Waals surface area contributed by atoms with Crippen LogP contribution in [0.15, 0.2) is 41.6 Å². The van der Waals surface area contributed by atoms with Crippen LogP contribution in [-0.4, -0.2) is 5.71 Å². The molecule has 0 heterocycles. The summed E-state index contributed by atoms with van der Waals surface area (Å²) in [5, 5.41) is 4.16. The fourth-order valence-electron chi connectivity index (χ4n) is 4.49. The van der Waals surface area contributed by atoms with Gasteiger partial charge in [0, 0.05) is 0 Å². The lowest BCUT2D eigenvalue weighted by molar-refractivity contribution is -0.138. The molecule has 0 radical (unpaired) electrons. The van der Waals surface area contributed by atoms with Gasteiger partial charge in [-0.1, -0.05) is 62.5 Å². The van der Waals surface area contributed by atoms with E-state index in [0.29, 0.717) is 16.8 Å². The zero-order valence-electron chi connectivity index (χ0n) is 18.7. The van der Waals surface area contributed by atoms with Crippen LogP contribution in [0.5, 0.6) is 0 Å². The summed E-state index contributed by atoms with van der Waals surface area (Å²) in [6.45, 7) is 6.12. The van der Waals surface area contributed by atoms with E-state index in [4.69, 9.17) is 4.84 Å². The molecule has 2 aromatic rings. The van der Waals surface area contributed by atoms with Crippen LogP contribution in [0.2, 0.25) is 0 Å². The number of alkyl halides is 3. The smallest absolute Gasteiger partial charge is 0.391 e. The molecule has 1 aliphatic carbocycles. The molecule has 168 valence electrons. The summed E-state index contributed by atoms with van der Waals surface area (Å²) in [6, 6.07) is 10.9. The van der Waals surface area contributed by atoms with Crippen molar-refractivity contribution < 1.29 is 18.0 Å². The van der Waals surface area contributed by atoms with Gasteiger partial charge in [0.05, 0.1) is 11.3 Å². The number of rotatable bonds is 7. The van der Waals surface area contributed by atoms with Crippen molar-refractivity contribution in [3.63, 3.8) is 0 Å². The zero-order chi connectivity index (χ0) is 22.4. The molecule has 1 saturated carbocycles. The molecule has 1 fully saturated rings. The van der Waals surface area contributed by atoms with Crippen LogP contribution in [0.1, 0.15) is 92.2 Å². The first-order chi connectivity index (χ1) is 14.8. The molecular formula is C26H32F3NO. The topological polar surface area (TPSA) is 21.6 Å². The van der Waals surface area contributed by atoms with E-state index in [9.17, 15) is 13.2 Å². The van der Waals surface area contributed by atoms with E-state index >= 15 is 0 Å². The number of oxime groups is 1. The van der Waals surface area contributed by atoms with Crippen molar-refractivity contribution in [3.05, 3.63) is 69.8 Å². The number of aryl methyl sites for hydroxylation is 2. The summed E-state index contributed by atoms with van der Waals surface area (Å²) in [7, 11) is 0. The van der Waals surface area contributed by atoms with Gasteiger partial charge in [-0.15, -0.1) is 0 Å². The van der Waals surface area contributed by atoms with E-state index < -0.39 is 11.7 Å². The molecular weight excluding hydrogens is 399 g/mol. The first-order valence-corrected chi connectivity index (χ1v) is 11.3. The van der Waals surface area contributed by atoms with Gasteiger partial charge in [0.15, 0.2) is 0 Å². The Morgan fingerprint density at radius 2 is 1.68 bits per heavy atom. The van der Waals surface area contributed by atoms with Crippen LogP contribution in [0.3, 0.4) is 0 Å². The third-order valence-corrected chi connectivity index (χ3v) is 6.29. The number of hydrogen-bond donors (Lipinski definition) is 0. The summed E-state index contributed by atoms with van der Waals surface area (Å²) in [4.78, 5) is 5.44. The first-order valence-electron chi connectivity index (χ1n) is 11.3. The maximum absolute atomic E-state index is 13.7. The standard InChI is InChI=1S/C26H32F3NO/c1-4-20-12-13-23(16-21(20)5-2)18(3)30-31-17-19-11-14-24(22-9-7-6-8-10-22)25(15-19)26(27,28)29/h11-16,22H,4-10,17H2,1-3H3/b30-18+. The fourth-order valence-corrected chi connectivity index (χ4v) is 4.49. The molecule has 0 aliphatic heterocycles. The quantitative estimate of drug-likeness (QED) is 0.323. The Morgan fingerprint density at radius 3 is 2.32 bits per heavy atom. The Bertz CT molecular complexity index is 911. The molecule has 2 aromatic carbocycles. The molecule has 2 nitrogen and oxygen atoms in total. The van der Waals surface area contributed by atoms with E-state index in [-0.39, 0.29) is 12.5 Å². The Hall–Kier alpha value is -2.30. The number of hydrogen-bond acceptors (Lipinski definition) is 2. The van der Waals surface area contributed by atoms with Gasteiger partial charge in [-0.2, -0.15) is 13.2 Å². The van der Waals surface area contributed by atoms with E-state index in [2.05, 4.69) is 31.1 Å². The van der Waals surface area contributed by atoms with Gasteiger partial charge in [-0.3, -0.25) is 0 Å². The molecule has 0 atom stereocenters. The van der Waals surface area contributed by atoms with Crippen LogP contribution in [-0.2, 0) is 30.5 Å². The third-order valence-electron chi connectivity index (χ3n) is 6.29. The molecule has 5 heteroatoms. The van der Waals surface area contributed by atoms with Crippen LogP contribution in [0.4, 0.5) is 13.2 Å². The molecule has 0 N–H and O–H groups in total. The van der Waals surface area contributed by atoms with Crippen molar-refractivity contribution in [1.82, 2.24) is 0 Å². The van der Waals surface area contributed by atoms with Crippen LogP contribution < -0.4 is 0 Å². The average Bonchev–Trinajstić information content (AvgIpc) is 2.78. The van der Waals surface area contributed by atoms with Crippen molar-refractivity contribution in [2.75, 3.05) is 0 Å². The summed E-state index contributed by atoms with van der Waals surface area (Å²) in [6.07, 6.45) is 2.34. The fraction of sp³-hybridized carbons (Fsp3) is 0.500. The lowest BCUT2D eigenvalue weighted by atomic mass is 9.81. The highest BCUT2D eigenvalue weighted by molar-refractivity contribution is 5.98. The molecule has 0 aromatic heterocycles.